The standard InChI is InChI=1S/C21H27BrO2/c1-16(17-9-11-19(22)12-10-17)13-14-21(24,15-20(2,3)23)18-7-5-4-6-8-18/h4-12,16,23-24H,13-15H2,1-3H3/t16?,21-/m0/s1. The van der Waals surface area contributed by atoms with Crippen LogP contribution in [0.25, 0.3) is 0 Å². The van der Waals surface area contributed by atoms with Gasteiger partial charge in [-0.25, -0.2) is 0 Å². The second kappa shape index (κ2) is 7.81. The highest BCUT2D eigenvalue weighted by molar-refractivity contribution is 9.10. The Morgan fingerprint density at radius 2 is 1.54 bits per heavy atom. The highest BCUT2D eigenvalue weighted by atomic mass is 79.9. The molecule has 0 amide bonds. The fourth-order valence-electron chi connectivity index (χ4n) is 3.21. The third-order valence-electron chi connectivity index (χ3n) is 4.47. The third kappa shape index (κ3) is 5.44. The summed E-state index contributed by atoms with van der Waals surface area (Å²) in [7, 11) is 0. The Morgan fingerprint density at radius 1 is 0.958 bits per heavy atom. The molecule has 0 heterocycles. The van der Waals surface area contributed by atoms with E-state index in [1.165, 1.54) is 5.56 Å². The summed E-state index contributed by atoms with van der Waals surface area (Å²) in [6.07, 6.45) is 1.78. The summed E-state index contributed by atoms with van der Waals surface area (Å²) in [5, 5.41) is 21.6. The fraction of sp³-hybridized carbons (Fsp3) is 0.429. The van der Waals surface area contributed by atoms with Crippen molar-refractivity contribution in [1.82, 2.24) is 0 Å². The average molecular weight is 391 g/mol. The molecular formula is C21H27BrO2. The topological polar surface area (TPSA) is 40.5 Å². The van der Waals surface area contributed by atoms with Gasteiger partial charge in [-0.15, -0.1) is 0 Å². The lowest BCUT2D eigenvalue weighted by molar-refractivity contribution is -0.0575. The van der Waals surface area contributed by atoms with E-state index in [1.807, 2.05) is 42.5 Å². The molecule has 2 aromatic carbocycles. The van der Waals surface area contributed by atoms with Crippen molar-refractivity contribution in [2.45, 2.75) is 57.2 Å². The van der Waals surface area contributed by atoms with Crippen molar-refractivity contribution >= 4 is 15.9 Å². The maximum absolute atomic E-state index is 11.3. The van der Waals surface area contributed by atoms with E-state index in [0.29, 0.717) is 18.8 Å². The zero-order valence-corrected chi connectivity index (χ0v) is 16.3. The van der Waals surface area contributed by atoms with Crippen LogP contribution < -0.4 is 0 Å². The molecule has 2 N–H and O–H groups in total. The van der Waals surface area contributed by atoms with Crippen LogP contribution in [0.4, 0.5) is 0 Å². The van der Waals surface area contributed by atoms with Gasteiger partial charge in [-0.05, 0) is 55.9 Å². The van der Waals surface area contributed by atoms with E-state index in [2.05, 4.69) is 35.0 Å². The van der Waals surface area contributed by atoms with Gasteiger partial charge < -0.3 is 10.2 Å². The first-order chi connectivity index (χ1) is 11.2. The van der Waals surface area contributed by atoms with E-state index >= 15 is 0 Å². The Hall–Kier alpha value is -1.16. The second-order valence-corrected chi connectivity index (χ2v) is 8.29. The number of benzene rings is 2. The summed E-state index contributed by atoms with van der Waals surface area (Å²) in [5.41, 5.74) is 0.182. The van der Waals surface area contributed by atoms with Crippen LogP contribution in [0, 0.1) is 0 Å². The quantitative estimate of drug-likeness (QED) is 0.665. The largest absolute Gasteiger partial charge is 0.390 e. The first-order valence-corrected chi connectivity index (χ1v) is 9.25. The zero-order chi connectivity index (χ0) is 17.8. The minimum atomic E-state index is -1.02. The highest BCUT2D eigenvalue weighted by Gasteiger charge is 2.35. The van der Waals surface area contributed by atoms with Gasteiger partial charge in [-0.2, -0.15) is 0 Å². The van der Waals surface area contributed by atoms with E-state index in [4.69, 9.17) is 0 Å². The van der Waals surface area contributed by atoms with Crippen molar-refractivity contribution < 1.29 is 10.2 Å². The highest BCUT2D eigenvalue weighted by Crippen LogP contribution is 2.37. The van der Waals surface area contributed by atoms with E-state index in [1.54, 1.807) is 13.8 Å². The van der Waals surface area contributed by atoms with Gasteiger partial charge in [-0.3, -0.25) is 0 Å². The molecule has 2 aromatic rings. The van der Waals surface area contributed by atoms with Gasteiger partial charge in [0.2, 0.25) is 0 Å². The molecule has 0 aliphatic heterocycles. The third-order valence-corrected chi connectivity index (χ3v) is 4.99. The van der Waals surface area contributed by atoms with Crippen molar-refractivity contribution in [2.75, 3.05) is 0 Å². The lowest BCUT2D eigenvalue weighted by atomic mass is 9.78. The summed E-state index contributed by atoms with van der Waals surface area (Å²) >= 11 is 3.46. The summed E-state index contributed by atoms with van der Waals surface area (Å²) in [5.74, 6) is 0.343. The van der Waals surface area contributed by atoms with E-state index in [-0.39, 0.29) is 0 Å². The lowest BCUT2D eigenvalue weighted by Gasteiger charge is -2.35. The van der Waals surface area contributed by atoms with Gasteiger partial charge in [0.1, 0.15) is 0 Å². The number of hydrogen-bond acceptors (Lipinski definition) is 2. The Labute approximate surface area is 153 Å². The first kappa shape index (κ1) is 19.2. The SMILES string of the molecule is CC(CC[C@](O)(CC(C)(C)O)c1ccccc1)c1ccc(Br)cc1. The lowest BCUT2D eigenvalue weighted by Crippen LogP contribution is -2.36. The Balaban J connectivity index is 2.15. The maximum atomic E-state index is 11.3. The zero-order valence-electron chi connectivity index (χ0n) is 14.7. The van der Waals surface area contributed by atoms with Crippen molar-refractivity contribution in [3.63, 3.8) is 0 Å². The fourth-order valence-corrected chi connectivity index (χ4v) is 3.48. The van der Waals surface area contributed by atoms with Crippen LogP contribution >= 0.6 is 15.9 Å². The Kier molecular flexibility index (Phi) is 6.24. The van der Waals surface area contributed by atoms with Gasteiger partial charge in [0.05, 0.1) is 11.2 Å². The molecule has 1 unspecified atom stereocenters. The molecule has 0 bridgehead atoms. The predicted octanol–water partition coefficient (Wildman–Crippen LogP) is 5.38. The van der Waals surface area contributed by atoms with Crippen LogP contribution in [0.15, 0.2) is 59.1 Å². The number of halogens is 1. The van der Waals surface area contributed by atoms with Crippen LogP contribution in [0.5, 0.6) is 0 Å². The molecule has 0 saturated heterocycles. The van der Waals surface area contributed by atoms with Crippen LogP contribution in [0.1, 0.15) is 57.1 Å². The number of hydrogen-bond donors (Lipinski definition) is 2. The molecule has 2 rings (SSSR count). The first-order valence-electron chi connectivity index (χ1n) is 8.45. The molecule has 0 aromatic heterocycles. The molecule has 0 fully saturated rings. The average Bonchev–Trinajstić information content (AvgIpc) is 2.52. The smallest absolute Gasteiger partial charge is 0.0923 e. The van der Waals surface area contributed by atoms with Crippen molar-refractivity contribution in [1.29, 1.82) is 0 Å². The number of aliphatic hydroxyl groups is 2. The van der Waals surface area contributed by atoms with Crippen LogP contribution in [0.2, 0.25) is 0 Å². The normalized spacial score (nSPS) is 15.8. The molecule has 0 aliphatic rings. The van der Waals surface area contributed by atoms with Crippen molar-refractivity contribution in [3.8, 4) is 0 Å². The molecule has 0 spiro atoms. The van der Waals surface area contributed by atoms with Gasteiger partial charge in [0, 0.05) is 10.9 Å². The Bertz CT molecular complexity index is 631. The molecule has 3 heteroatoms. The molecule has 130 valence electrons. The maximum Gasteiger partial charge on any atom is 0.0923 e. The molecular weight excluding hydrogens is 364 g/mol. The molecule has 0 saturated carbocycles. The van der Waals surface area contributed by atoms with Gasteiger partial charge in [0.25, 0.3) is 0 Å². The molecule has 2 nitrogen and oxygen atoms in total. The molecule has 24 heavy (non-hydrogen) atoms. The summed E-state index contributed by atoms with van der Waals surface area (Å²) in [6, 6.07) is 18.0. The number of rotatable bonds is 7. The van der Waals surface area contributed by atoms with Gasteiger partial charge >= 0.3 is 0 Å². The minimum Gasteiger partial charge on any atom is -0.390 e. The summed E-state index contributed by atoms with van der Waals surface area (Å²) < 4.78 is 1.07. The summed E-state index contributed by atoms with van der Waals surface area (Å²) in [6.45, 7) is 5.68. The Morgan fingerprint density at radius 3 is 2.08 bits per heavy atom. The van der Waals surface area contributed by atoms with Gasteiger partial charge in [0.15, 0.2) is 0 Å². The molecule has 0 radical (unpaired) electrons. The monoisotopic (exact) mass is 390 g/mol. The molecule has 0 aliphatic carbocycles. The minimum absolute atomic E-state index is 0.317. The van der Waals surface area contributed by atoms with Crippen LogP contribution in [-0.4, -0.2) is 15.8 Å². The summed E-state index contributed by atoms with van der Waals surface area (Å²) in [4.78, 5) is 0. The van der Waals surface area contributed by atoms with Crippen LogP contribution in [0.3, 0.4) is 0 Å². The van der Waals surface area contributed by atoms with E-state index in [9.17, 15) is 10.2 Å². The van der Waals surface area contributed by atoms with Crippen molar-refractivity contribution in [2.24, 2.45) is 0 Å². The molecule has 2 atom stereocenters. The van der Waals surface area contributed by atoms with E-state index < -0.39 is 11.2 Å². The second-order valence-electron chi connectivity index (χ2n) is 7.38. The van der Waals surface area contributed by atoms with Gasteiger partial charge in [-0.1, -0.05) is 65.3 Å². The predicted molar refractivity (Wildman–Crippen MR) is 103 cm³/mol. The van der Waals surface area contributed by atoms with Crippen LogP contribution in [-0.2, 0) is 5.60 Å². The van der Waals surface area contributed by atoms with Crippen molar-refractivity contribution in [3.05, 3.63) is 70.2 Å². The van der Waals surface area contributed by atoms with E-state index in [0.717, 1.165) is 16.5 Å².